The van der Waals surface area contributed by atoms with Gasteiger partial charge in [0.05, 0.1) is 7.11 Å². The topological polar surface area (TPSA) is 58.6 Å². The molecule has 1 aliphatic carbocycles. The first-order valence-electron chi connectivity index (χ1n) is 10.2. The van der Waals surface area contributed by atoms with E-state index in [1.165, 1.54) is 0 Å². The van der Waals surface area contributed by atoms with Crippen LogP contribution in [0.15, 0.2) is 24.3 Å². The lowest BCUT2D eigenvalue weighted by molar-refractivity contribution is -0.137. The Hall–Kier alpha value is -2.04. The van der Waals surface area contributed by atoms with Crippen molar-refractivity contribution in [2.24, 2.45) is 11.8 Å². The number of hydrogen-bond acceptors (Lipinski definition) is 3. The van der Waals surface area contributed by atoms with Crippen molar-refractivity contribution in [1.29, 1.82) is 0 Å². The smallest absolute Gasteiger partial charge is 0.225 e. The maximum atomic E-state index is 12.5. The number of benzene rings is 1. The summed E-state index contributed by atoms with van der Waals surface area (Å²) in [5.41, 5.74) is 1.15. The van der Waals surface area contributed by atoms with Crippen molar-refractivity contribution in [3.8, 4) is 5.75 Å². The monoisotopic (exact) mass is 374 g/mol. The lowest BCUT2D eigenvalue weighted by Gasteiger charge is -2.30. The first kappa shape index (κ1) is 21.3. The van der Waals surface area contributed by atoms with Gasteiger partial charge in [0.2, 0.25) is 11.8 Å². The average Bonchev–Trinajstić information content (AvgIpc) is 2.71. The zero-order chi connectivity index (χ0) is 19.6. The molecule has 1 aliphatic rings. The summed E-state index contributed by atoms with van der Waals surface area (Å²) in [4.78, 5) is 26.8. The van der Waals surface area contributed by atoms with E-state index in [2.05, 4.69) is 12.2 Å². The van der Waals surface area contributed by atoms with E-state index in [1.54, 1.807) is 7.11 Å². The summed E-state index contributed by atoms with van der Waals surface area (Å²) in [6.45, 7) is 3.60. The molecule has 150 valence electrons. The molecule has 0 heterocycles. The van der Waals surface area contributed by atoms with Crippen molar-refractivity contribution in [3.05, 3.63) is 29.8 Å². The van der Waals surface area contributed by atoms with Crippen LogP contribution in [0.1, 0.15) is 51.0 Å². The van der Waals surface area contributed by atoms with E-state index in [-0.39, 0.29) is 23.7 Å². The molecule has 1 saturated carbocycles. The number of nitrogens with one attached hydrogen (secondary N) is 1. The number of unbranched alkanes of at least 4 members (excludes halogenated alkanes) is 1. The second-order valence-corrected chi connectivity index (χ2v) is 7.55. The van der Waals surface area contributed by atoms with E-state index in [0.29, 0.717) is 6.54 Å². The Balaban J connectivity index is 1.70. The van der Waals surface area contributed by atoms with Crippen molar-refractivity contribution >= 4 is 11.8 Å². The Kier molecular flexibility index (Phi) is 8.62. The van der Waals surface area contributed by atoms with Crippen molar-refractivity contribution in [2.45, 2.75) is 51.9 Å². The summed E-state index contributed by atoms with van der Waals surface area (Å²) in [6, 6.07) is 7.92. The van der Waals surface area contributed by atoms with Gasteiger partial charge in [-0.1, -0.05) is 25.5 Å². The standard InChI is InChI=1S/C22H34N2O3/c1-4-5-15-24(2)22(26)19-11-9-18(10-12-19)21(25)23-14-13-17-7-6-8-20(16-17)27-3/h6-8,16,18-19H,4-5,9-15H2,1-3H3,(H,23,25). The van der Waals surface area contributed by atoms with Gasteiger partial charge < -0.3 is 15.0 Å². The molecule has 0 radical (unpaired) electrons. The van der Waals surface area contributed by atoms with Crippen LogP contribution in [-0.4, -0.2) is 44.0 Å². The average molecular weight is 375 g/mol. The van der Waals surface area contributed by atoms with E-state index in [1.807, 2.05) is 36.2 Å². The first-order chi connectivity index (χ1) is 13.0. The molecule has 2 rings (SSSR count). The summed E-state index contributed by atoms with van der Waals surface area (Å²) in [7, 11) is 3.55. The van der Waals surface area contributed by atoms with Gasteiger partial charge in [-0.3, -0.25) is 9.59 Å². The third kappa shape index (κ3) is 6.56. The highest BCUT2D eigenvalue weighted by atomic mass is 16.5. The van der Waals surface area contributed by atoms with E-state index >= 15 is 0 Å². The van der Waals surface area contributed by atoms with Crippen LogP contribution in [0.4, 0.5) is 0 Å². The third-order valence-electron chi connectivity index (χ3n) is 5.52. The number of ether oxygens (including phenoxy) is 1. The summed E-state index contributed by atoms with van der Waals surface area (Å²) in [5.74, 6) is 1.35. The second-order valence-electron chi connectivity index (χ2n) is 7.55. The normalized spacial score (nSPS) is 19.4. The van der Waals surface area contributed by atoms with Gasteiger partial charge in [-0.2, -0.15) is 0 Å². The first-order valence-corrected chi connectivity index (χ1v) is 10.2. The summed E-state index contributed by atoms with van der Waals surface area (Å²) < 4.78 is 5.23. The van der Waals surface area contributed by atoms with Gasteiger partial charge in [-0.05, 0) is 56.2 Å². The highest BCUT2D eigenvalue weighted by Crippen LogP contribution is 2.30. The van der Waals surface area contributed by atoms with E-state index in [9.17, 15) is 9.59 Å². The van der Waals surface area contributed by atoms with Crippen LogP contribution >= 0.6 is 0 Å². The Morgan fingerprint density at radius 1 is 1.19 bits per heavy atom. The lowest BCUT2D eigenvalue weighted by Crippen LogP contribution is -2.39. The second kappa shape index (κ2) is 11.0. The zero-order valence-electron chi connectivity index (χ0n) is 17.0. The fourth-order valence-electron chi connectivity index (χ4n) is 3.72. The van der Waals surface area contributed by atoms with E-state index in [0.717, 1.165) is 62.8 Å². The predicted octanol–water partition coefficient (Wildman–Crippen LogP) is 3.42. The van der Waals surface area contributed by atoms with Crippen LogP contribution in [-0.2, 0) is 16.0 Å². The van der Waals surface area contributed by atoms with Crippen molar-refractivity contribution in [1.82, 2.24) is 10.2 Å². The van der Waals surface area contributed by atoms with Crippen molar-refractivity contribution in [2.75, 3.05) is 27.2 Å². The van der Waals surface area contributed by atoms with E-state index < -0.39 is 0 Å². The van der Waals surface area contributed by atoms with Gasteiger partial charge in [0, 0.05) is 32.0 Å². The number of carbonyl (C=O) groups is 2. The lowest BCUT2D eigenvalue weighted by atomic mass is 9.81. The molecule has 0 saturated heterocycles. The number of carbonyl (C=O) groups excluding carboxylic acids is 2. The molecule has 1 fully saturated rings. The number of methoxy groups -OCH3 is 1. The highest BCUT2D eigenvalue weighted by molar-refractivity contribution is 5.81. The molecular weight excluding hydrogens is 340 g/mol. The Morgan fingerprint density at radius 3 is 2.56 bits per heavy atom. The summed E-state index contributed by atoms with van der Waals surface area (Å²) >= 11 is 0. The Bertz CT molecular complexity index is 609. The minimum Gasteiger partial charge on any atom is -0.497 e. The SMILES string of the molecule is CCCCN(C)C(=O)C1CCC(C(=O)NCCc2cccc(OC)c2)CC1. The van der Waals surface area contributed by atoms with E-state index in [4.69, 9.17) is 4.74 Å². The fraction of sp³-hybridized carbons (Fsp3) is 0.636. The molecule has 1 aromatic rings. The number of nitrogens with zero attached hydrogens (tertiary/aromatic N) is 1. The largest absolute Gasteiger partial charge is 0.497 e. The molecule has 0 bridgehead atoms. The Labute approximate surface area is 163 Å². The van der Waals surface area contributed by atoms with Crippen LogP contribution in [0.25, 0.3) is 0 Å². The van der Waals surface area contributed by atoms with Crippen LogP contribution < -0.4 is 10.1 Å². The quantitative estimate of drug-likeness (QED) is 0.720. The maximum Gasteiger partial charge on any atom is 0.225 e. The molecule has 0 spiro atoms. The summed E-state index contributed by atoms with van der Waals surface area (Å²) in [6.07, 6.45) is 6.20. The van der Waals surface area contributed by atoms with Crippen molar-refractivity contribution < 1.29 is 14.3 Å². The summed E-state index contributed by atoms with van der Waals surface area (Å²) in [5, 5.41) is 3.06. The van der Waals surface area contributed by atoms with Crippen LogP contribution in [0, 0.1) is 11.8 Å². The molecule has 5 nitrogen and oxygen atoms in total. The van der Waals surface area contributed by atoms with Crippen LogP contribution in [0.3, 0.4) is 0 Å². The van der Waals surface area contributed by atoms with Gasteiger partial charge in [-0.25, -0.2) is 0 Å². The molecule has 0 aromatic heterocycles. The molecule has 5 heteroatoms. The van der Waals surface area contributed by atoms with Crippen LogP contribution in [0.2, 0.25) is 0 Å². The minimum atomic E-state index is 0.0420. The number of amides is 2. The van der Waals surface area contributed by atoms with Crippen molar-refractivity contribution in [3.63, 3.8) is 0 Å². The molecule has 27 heavy (non-hydrogen) atoms. The van der Waals surface area contributed by atoms with Gasteiger partial charge in [0.15, 0.2) is 0 Å². The maximum absolute atomic E-state index is 12.5. The molecular formula is C22H34N2O3. The molecule has 1 N–H and O–H groups in total. The van der Waals surface area contributed by atoms with Gasteiger partial charge >= 0.3 is 0 Å². The van der Waals surface area contributed by atoms with Gasteiger partial charge in [0.25, 0.3) is 0 Å². The fourth-order valence-corrected chi connectivity index (χ4v) is 3.72. The number of hydrogen-bond donors (Lipinski definition) is 1. The molecule has 2 amide bonds. The predicted molar refractivity (Wildman–Crippen MR) is 108 cm³/mol. The highest BCUT2D eigenvalue weighted by Gasteiger charge is 2.31. The Morgan fingerprint density at radius 2 is 1.89 bits per heavy atom. The minimum absolute atomic E-state index is 0.0420. The number of rotatable bonds is 9. The van der Waals surface area contributed by atoms with Gasteiger partial charge in [0.1, 0.15) is 5.75 Å². The molecule has 1 aromatic carbocycles. The zero-order valence-corrected chi connectivity index (χ0v) is 17.0. The molecule has 0 aliphatic heterocycles. The van der Waals surface area contributed by atoms with Crippen LogP contribution in [0.5, 0.6) is 5.75 Å². The molecule has 0 unspecified atom stereocenters. The third-order valence-corrected chi connectivity index (χ3v) is 5.52. The molecule has 0 atom stereocenters. The van der Waals surface area contributed by atoms with Gasteiger partial charge in [-0.15, -0.1) is 0 Å².